The van der Waals surface area contributed by atoms with Gasteiger partial charge in [-0.25, -0.2) is 14.6 Å². The molecule has 0 aliphatic heterocycles. The fourth-order valence-electron chi connectivity index (χ4n) is 1.05. The normalized spacial score (nSPS) is 10.5. The van der Waals surface area contributed by atoms with E-state index in [0.717, 1.165) is 5.03 Å². The minimum Gasteiger partial charge on any atom is -0.381 e. The molecule has 0 radical (unpaired) electrons. The summed E-state index contributed by atoms with van der Waals surface area (Å²) in [6.45, 7) is 0. The zero-order valence-electron chi connectivity index (χ0n) is 7.88. The highest BCUT2D eigenvalue weighted by molar-refractivity contribution is 7.98. The summed E-state index contributed by atoms with van der Waals surface area (Å²) in [5.41, 5.74) is 5.54. The Kier molecular flexibility index (Phi) is 2.79. The molecule has 2 aromatic heterocycles. The summed E-state index contributed by atoms with van der Waals surface area (Å²) in [6.07, 6.45) is 5.03. The third-order valence-corrected chi connectivity index (χ3v) is 2.70. The number of nitrogens with two attached hydrogens (primary N) is 1. The van der Waals surface area contributed by atoms with E-state index in [-0.39, 0.29) is 0 Å². The number of nitrogens with zero attached hydrogens (tertiary/aromatic N) is 4. The lowest BCUT2D eigenvalue weighted by atomic mass is 10.6. The number of halogens is 1. The van der Waals surface area contributed by atoms with E-state index in [4.69, 9.17) is 17.3 Å². The number of thioether (sulfide) groups is 1. The van der Waals surface area contributed by atoms with Gasteiger partial charge in [-0.1, -0.05) is 11.6 Å². The van der Waals surface area contributed by atoms with Crippen LogP contribution >= 0.6 is 23.4 Å². The summed E-state index contributed by atoms with van der Waals surface area (Å²) in [4.78, 5) is 8.13. The summed E-state index contributed by atoms with van der Waals surface area (Å²) in [5, 5.41) is 5.30. The molecule has 2 aromatic rings. The third-order valence-electron chi connectivity index (χ3n) is 1.77. The summed E-state index contributed by atoms with van der Waals surface area (Å²) >= 11 is 7.33. The van der Waals surface area contributed by atoms with Crippen molar-refractivity contribution < 1.29 is 0 Å². The average Bonchev–Trinajstić information content (AvgIpc) is 2.59. The molecule has 0 aromatic carbocycles. The molecule has 0 saturated heterocycles. The van der Waals surface area contributed by atoms with Crippen LogP contribution in [0.3, 0.4) is 0 Å². The first-order valence-electron chi connectivity index (χ1n) is 4.08. The Balaban J connectivity index is 2.44. The Morgan fingerprint density at radius 1 is 1.47 bits per heavy atom. The van der Waals surface area contributed by atoms with Crippen LogP contribution in [-0.4, -0.2) is 26.0 Å². The van der Waals surface area contributed by atoms with Crippen LogP contribution in [0, 0.1) is 0 Å². The van der Waals surface area contributed by atoms with Gasteiger partial charge < -0.3 is 5.73 Å². The van der Waals surface area contributed by atoms with Crippen molar-refractivity contribution in [3.05, 3.63) is 23.6 Å². The van der Waals surface area contributed by atoms with E-state index in [1.54, 1.807) is 6.20 Å². The van der Waals surface area contributed by atoms with Crippen LogP contribution in [0.25, 0.3) is 5.82 Å². The molecular weight excluding hydrogens is 234 g/mol. The second-order valence-electron chi connectivity index (χ2n) is 2.73. The first-order valence-corrected chi connectivity index (χ1v) is 5.68. The maximum absolute atomic E-state index is 5.80. The molecule has 2 N–H and O–H groups in total. The predicted molar refractivity (Wildman–Crippen MR) is 60.4 cm³/mol. The van der Waals surface area contributed by atoms with Crippen molar-refractivity contribution in [3.8, 4) is 5.82 Å². The van der Waals surface area contributed by atoms with E-state index in [9.17, 15) is 0 Å². The molecular formula is C8H8ClN5S. The van der Waals surface area contributed by atoms with Crippen LogP contribution in [0.2, 0.25) is 5.02 Å². The zero-order chi connectivity index (χ0) is 10.8. The predicted octanol–water partition coefficient (Wildman–Crippen LogP) is 1.62. The minimum atomic E-state index is 0.293. The van der Waals surface area contributed by atoms with E-state index in [1.807, 2.05) is 12.3 Å². The van der Waals surface area contributed by atoms with Gasteiger partial charge in [0.2, 0.25) is 0 Å². The molecule has 0 atom stereocenters. The molecule has 5 nitrogen and oxygen atoms in total. The van der Waals surface area contributed by atoms with Crippen molar-refractivity contribution in [2.45, 2.75) is 5.03 Å². The van der Waals surface area contributed by atoms with Crippen LogP contribution in [0.15, 0.2) is 23.6 Å². The van der Waals surface area contributed by atoms with Gasteiger partial charge in [-0.05, 0) is 6.26 Å². The zero-order valence-corrected chi connectivity index (χ0v) is 9.46. The van der Waals surface area contributed by atoms with Crippen molar-refractivity contribution >= 4 is 29.2 Å². The molecule has 0 amide bonds. The molecule has 78 valence electrons. The molecule has 0 saturated carbocycles. The summed E-state index contributed by atoms with van der Waals surface area (Å²) in [6, 6.07) is 1.81. The van der Waals surface area contributed by atoms with Crippen LogP contribution in [-0.2, 0) is 0 Å². The molecule has 2 heterocycles. The van der Waals surface area contributed by atoms with Gasteiger partial charge >= 0.3 is 0 Å². The second kappa shape index (κ2) is 4.08. The fraction of sp³-hybridized carbons (Fsp3) is 0.125. The molecule has 0 aliphatic rings. The molecule has 0 bridgehead atoms. The average molecular weight is 242 g/mol. The van der Waals surface area contributed by atoms with Crippen molar-refractivity contribution in [3.63, 3.8) is 0 Å². The number of hydrogen-bond acceptors (Lipinski definition) is 5. The van der Waals surface area contributed by atoms with Crippen LogP contribution in [0.4, 0.5) is 5.82 Å². The molecule has 15 heavy (non-hydrogen) atoms. The topological polar surface area (TPSA) is 69.6 Å². The lowest BCUT2D eigenvalue weighted by Gasteiger charge is -2.00. The molecule has 0 fully saturated rings. The van der Waals surface area contributed by atoms with E-state index >= 15 is 0 Å². The van der Waals surface area contributed by atoms with Gasteiger partial charge in [0, 0.05) is 6.07 Å². The highest BCUT2D eigenvalue weighted by atomic mass is 35.5. The van der Waals surface area contributed by atoms with Gasteiger partial charge in [0.15, 0.2) is 11.6 Å². The number of hydrogen-bond donors (Lipinski definition) is 1. The quantitative estimate of drug-likeness (QED) is 0.639. The summed E-state index contributed by atoms with van der Waals surface area (Å²) in [5.74, 6) is 0.939. The van der Waals surface area contributed by atoms with E-state index in [0.29, 0.717) is 16.7 Å². The SMILES string of the molecule is CSc1cc(-n2cc(Cl)c(N)n2)ncn1. The van der Waals surface area contributed by atoms with Crippen LogP contribution in [0.1, 0.15) is 0 Å². The molecule has 2 rings (SSSR count). The Labute approximate surface area is 95.7 Å². The number of nitrogen functional groups attached to an aromatic ring is 1. The van der Waals surface area contributed by atoms with Crippen molar-refractivity contribution in [1.29, 1.82) is 0 Å². The lowest BCUT2D eigenvalue weighted by Crippen LogP contribution is -1.99. The first kappa shape index (κ1) is 10.3. The second-order valence-corrected chi connectivity index (χ2v) is 3.96. The Bertz CT molecular complexity index is 464. The van der Waals surface area contributed by atoms with E-state index < -0.39 is 0 Å². The molecule has 0 spiro atoms. The number of aromatic nitrogens is 4. The molecule has 7 heteroatoms. The van der Waals surface area contributed by atoms with Crippen molar-refractivity contribution in [2.24, 2.45) is 0 Å². The Morgan fingerprint density at radius 3 is 2.87 bits per heavy atom. The third kappa shape index (κ3) is 2.05. The first-order chi connectivity index (χ1) is 7.20. The number of rotatable bonds is 2. The number of anilines is 1. The maximum atomic E-state index is 5.80. The van der Waals surface area contributed by atoms with Crippen molar-refractivity contribution in [1.82, 2.24) is 19.7 Å². The van der Waals surface area contributed by atoms with Crippen molar-refractivity contribution in [2.75, 3.05) is 12.0 Å². The molecule has 0 aliphatic carbocycles. The van der Waals surface area contributed by atoms with Gasteiger partial charge in [-0.15, -0.1) is 16.9 Å². The summed E-state index contributed by atoms with van der Waals surface area (Å²) in [7, 11) is 0. The maximum Gasteiger partial charge on any atom is 0.164 e. The standard InChI is InChI=1S/C8H8ClN5S/c1-15-7-2-6(11-4-12-7)14-3-5(9)8(10)13-14/h2-4H,1H3,(H2,10,13). The van der Waals surface area contributed by atoms with Crippen LogP contribution < -0.4 is 5.73 Å². The largest absolute Gasteiger partial charge is 0.381 e. The lowest BCUT2D eigenvalue weighted by molar-refractivity contribution is 0.831. The summed E-state index contributed by atoms with van der Waals surface area (Å²) < 4.78 is 1.53. The van der Waals surface area contributed by atoms with E-state index in [1.165, 1.54) is 22.8 Å². The molecule has 0 unspecified atom stereocenters. The highest BCUT2D eigenvalue weighted by Crippen LogP contribution is 2.19. The van der Waals surface area contributed by atoms with E-state index in [2.05, 4.69) is 15.1 Å². The van der Waals surface area contributed by atoms with Gasteiger partial charge in [0.1, 0.15) is 16.4 Å². The monoisotopic (exact) mass is 241 g/mol. The smallest absolute Gasteiger partial charge is 0.164 e. The highest BCUT2D eigenvalue weighted by Gasteiger charge is 2.06. The Morgan fingerprint density at radius 2 is 2.27 bits per heavy atom. The Hall–Kier alpha value is -1.27. The van der Waals surface area contributed by atoms with Gasteiger partial charge in [-0.2, -0.15) is 0 Å². The van der Waals surface area contributed by atoms with Gasteiger partial charge in [0.05, 0.1) is 6.20 Å². The van der Waals surface area contributed by atoms with Gasteiger partial charge in [-0.3, -0.25) is 0 Å². The van der Waals surface area contributed by atoms with Gasteiger partial charge in [0.25, 0.3) is 0 Å². The van der Waals surface area contributed by atoms with Crippen LogP contribution in [0.5, 0.6) is 0 Å². The fourth-order valence-corrected chi connectivity index (χ4v) is 1.56. The minimum absolute atomic E-state index is 0.293.